The fraction of sp³-hybridized carbons (Fsp3) is 0.296. The van der Waals surface area contributed by atoms with Crippen molar-refractivity contribution in [3.63, 3.8) is 0 Å². The maximum absolute atomic E-state index is 6.73. The van der Waals surface area contributed by atoms with E-state index >= 15 is 0 Å². The van der Waals surface area contributed by atoms with Gasteiger partial charge in [-0.15, -0.1) is 0 Å². The minimum Gasteiger partial charge on any atom is -0.355 e. The first-order valence-corrected chi connectivity index (χ1v) is 11.3. The predicted octanol–water partition coefficient (Wildman–Crippen LogP) is 3.67. The van der Waals surface area contributed by atoms with E-state index in [-0.39, 0.29) is 11.5 Å². The second-order valence-electron chi connectivity index (χ2n) is 9.01. The van der Waals surface area contributed by atoms with Crippen molar-refractivity contribution >= 4 is 11.5 Å². The highest BCUT2D eigenvalue weighted by molar-refractivity contribution is 6.14. The Kier molecular flexibility index (Phi) is 4.55. The predicted molar refractivity (Wildman–Crippen MR) is 127 cm³/mol. The van der Waals surface area contributed by atoms with Crippen LogP contribution in [0.5, 0.6) is 0 Å². The molecule has 158 valence electrons. The molecule has 5 nitrogen and oxygen atoms in total. The highest BCUT2D eigenvalue weighted by Gasteiger charge is 2.45. The molecule has 3 heterocycles. The number of aromatic nitrogens is 2. The van der Waals surface area contributed by atoms with Gasteiger partial charge in [0.05, 0.1) is 18.4 Å². The van der Waals surface area contributed by atoms with Gasteiger partial charge in [-0.3, -0.25) is 4.99 Å². The Bertz CT molecular complexity index is 1260. The van der Waals surface area contributed by atoms with Gasteiger partial charge in [-0.25, -0.2) is 9.97 Å². The van der Waals surface area contributed by atoms with Crippen LogP contribution in [0.1, 0.15) is 47.0 Å². The van der Waals surface area contributed by atoms with Gasteiger partial charge in [-0.2, -0.15) is 0 Å². The molecule has 0 saturated carbocycles. The Hall–Kier alpha value is -3.49. The third kappa shape index (κ3) is 3.19. The lowest BCUT2D eigenvalue weighted by atomic mass is 9.73. The van der Waals surface area contributed by atoms with Crippen molar-refractivity contribution in [1.29, 1.82) is 0 Å². The first-order valence-electron chi connectivity index (χ1n) is 11.3. The van der Waals surface area contributed by atoms with Crippen LogP contribution in [-0.4, -0.2) is 28.8 Å². The second-order valence-corrected chi connectivity index (χ2v) is 9.01. The molecule has 0 amide bonds. The van der Waals surface area contributed by atoms with Gasteiger partial charge in [0.2, 0.25) is 0 Å². The van der Waals surface area contributed by atoms with Gasteiger partial charge in [0, 0.05) is 24.7 Å². The SMILES string of the molecule is N[C@@H]1c2ccccc2CC12CCN(c1cnc3c(n1)CN=C3C#Cc1ccccc1)CC2. The Morgan fingerprint density at radius 2 is 1.75 bits per heavy atom. The molecule has 3 aromatic rings. The van der Waals surface area contributed by atoms with Gasteiger partial charge < -0.3 is 10.6 Å². The van der Waals surface area contributed by atoms with Gasteiger partial charge in [-0.05, 0) is 53.9 Å². The van der Waals surface area contributed by atoms with Crippen LogP contribution >= 0.6 is 0 Å². The summed E-state index contributed by atoms with van der Waals surface area (Å²) < 4.78 is 0. The number of fused-ring (bicyclic) bond motifs is 2. The molecule has 1 spiro atoms. The maximum atomic E-state index is 6.73. The van der Waals surface area contributed by atoms with E-state index < -0.39 is 0 Å². The van der Waals surface area contributed by atoms with Crippen molar-refractivity contribution in [3.8, 4) is 11.8 Å². The van der Waals surface area contributed by atoms with Crippen molar-refractivity contribution in [1.82, 2.24) is 9.97 Å². The average molecular weight is 420 g/mol. The van der Waals surface area contributed by atoms with Crippen molar-refractivity contribution in [3.05, 3.63) is 88.9 Å². The first kappa shape index (κ1) is 19.2. The Labute approximate surface area is 188 Å². The molecular weight excluding hydrogens is 394 g/mol. The van der Waals surface area contributed by atoms with Crippen LogP contribution in [-0.2, 0) is 13.0 Å². The Balaban J connectivity index is 1.16. The van der Waals surface area contributed by atoms with Crippen molar-refractivity contribution in [2.24, 2.45) is 16.1 Å². The molecule has 2 N–H and O–H groups in total. The number of nitrogens with zero attached hydrogens (tertiary/aromatic N) is 4. The summed E-state index contributed by atoms with van der Waals surface area (Å²) in [6, 6.07) is 18.8. The van der Waals surface area contributed by atoms with Crippen LogP contribution < -0.4 is 10.6 Å². The molecular formula is C27H25N5. The number of rotatable bonds is 1. The number of hydrogen-bond acceptors (Lipinski definition) is 5. The van der Waals surface area contributed by atoms with E-state index in [1.165, 1.54) is 11.1 Å². The fourth-order valence-electron chi connectivity index (χ4n) is 5.34. The molecule has 2 aliphatic heterocycles. The standard InChI is InChI=1S/C27H25N5/c28-26-21-9-5-4-8-20(21)16-27(26)12-14-32(15-13-27)24-18-30-25-22(29-17-23(25)31-24)11-10-19-6-2-1-3-7-19/h1-9,18,26H,12-17,28H2/t26-/m1/s1. The molecule has 5 heteroatoms. The quantitative estimate of drug-likeness (QED) is 0.611. The largest absolute Gasteiger partial charge is 0.355 e. The summed E-state index contributed by atoms with van der Waals surface area (Å²) in [6.07, 6.45) is 5.12. The molecule has 0 unspecified atom stereocenters. The number of piperidine rings is 1. The Morgan fingerprint density at radius 3 is 2.56 bits per heavy atom. The minimum atomic E-state index is 0.131. The highest BCUT2D eigenvalue weighted by atomic mass is 15.2. The number of aliphatic imine (C=N–C) groups is 1. The van der Waals surface area contributed by atoms with Gasteiger partial charge in [0.1, 0.15) is 17.2 Å². The third-order valence-corrected chi connectivity index (χ3v) is 7.22. The molecule has 1 saturated heterocycles. The molecule has 0 bridgehead atoms. The summed E-state index contributed by atoms with van der Waals surface area (Å²) in [7, 11) is 0. The van der Waals surface area contributed by atoms with Crippen LogP contribution in [0.2, 0.25) is 0 Å². The zero-order valence-electron chi connectivity index (χ0n) is 18.0. The van der Waals surface area contributed by atoms with Crippen LogP contribution in [0, 0.1) is 17.3 Å². The van der Waals surface area contributed by atoms with Gasteiger partial charge in [-0.1, -0.05) is 48.4 Å². The number of benzene rings is 2. The highest BCUT2D eigenvalue weighted by Crippen LogP contribution is 2.50. The third-order valence-electron chi connectivity index (χ3n) is 7.22. The number of hydrogen-bond donors (Lipinski definition) is 1. The number of nitrogens with two attached hydrogens (primary N) is 1. The smallest absolute Gasteiger partial charge is 0.147 e. The summed E-state index contributed by atoms with van der Waals surface area (Å²) in [4.78, 5) is 16.5. The van der Waals surface area contributed by atoms with Crippen LogP contribution in [0.3, 0.4) is 0 Å². The summed E-state index contributed by atoms with van der Waals surface area (Å²) in [5.41, 5.74) is 13.1. The van der Waals surface area contributed by atoms with Gasteiger partial charge >= 0.3 is 0 Å². The molecule has 1 aromatic heterocycles. The normalized spacial score (nSPS) is 20.3. The molecule has 0 radical (unpaired) electrons. The van der Waals surface area contributed by atoms with Crippen molar-refractivity contribution in [2.75, 3.05) is 18.0 Å². The minimum absolute atomic E-state index is 0.131. The zero-order valence-corrected chi connectivity index (χ0v) is 18.0. The van der Waals surface area contributed by atoms with E-state index in [1.54, 1.807) is 0 Å². The molecule has 6 rings (SSSR count). The Morgan fingerprint density at radius 1 is 0.969 bits per heavy atom. The first-order chi connectivity index (χ1) is 15.7. The molecule has 32 heavy (non-hydrogen) atoms. The number of anilines is 1. The summed E-state index contributed by atoms with van der Waals surface area (Å²) >= 11 is 0. The van der Waals surface area contributed by atoms with Gasteiger partial charge in [0.25, 0.3) is 0 Å². The van der Waals surface area contributed by atoms with Crippen molar-refractivity contribution < 1.29 is 0 Å². The molecule has 1 atom stereocenters. The van der Waals surface area contributed by atoms with E-state index in [0.29, 0.717) is 6.54 Å². The van der Waals surface area contributed by atoms with E-state index in [0.717, 1.165) is 60.8 Å². The topological polar surface area (TPSA) is 67.4 Å². The molecule has 3 aliphatic rings. The van der Waals surface area contributed by atoms with E-state index in [2.05, 4.69) is 46.0 Å². The van der Waals surface area contributed by atoms with Crippen LogP contribution in [0.4, 0.5) is 5.82 Å². The fourth-order valence-corrected chi connectivity index (χ4v) is 5.34. The van der Waals surface area contributed by atoms with E-state index in [9.17, 15) is 0 Å². The molecule has 1 fully saturated rings. The summed E-state index contributed by atoms with van der Waals surface area (Å²) in [5, 5.41) is 0. The van der Waals surface area contributed by atoms with Crippen LogP contribution in [0.25, 0.3) is 0 Å². The average Bonchev–Trinajstić information content (AvgIpc) is 3.37. The van der Waals surface area contributed by atoms with E-state index in [4.69, 9.17) is 15.7 Å². The lowest BCUT2D eigenvalue weighted by Gasteiger charge is -2.42. The summed E-state index contributed by atoms with van der Waals surface area (Å²) in [6.45, 7) is 2.46. The molecule has 1 aliphatic carbocycles. The van der Waals surface area contributed by atoms with E-state index in [1.807, 2.05) is 36.5 Å². The summed E-state index contributed by atoms with van der Waals surface area (Å²) in [5.74, 6) is 7.28. The second kappa shape index (κ2) is 7.58. The lowest BCUT2D eigenvalue weighted by molar-refractivity contribution is 0.187. The van der Waals surface area contributed by atoms with Gasteiger partial charge in [0.15, 0.2) is 0 Å². The van der Waals surface area contributed by atoms with Crippen molar-refractivity contribution in [2.45, 2.75) is 31.8 Å². The zero-order chi connectivity index (χ0) is 21.5. The monoisotopic (exact) mass is 419 g/mol. The lowest BCUT2D eigenvalue weighted by Crippen LogP contribution is -2.44. The van der Waals surface area contributed by atoms with Crippen LogP contribution in [0.15, 0.2) is 65.8 Å². The molecule has 2 aromatic carbocycles. The maximum Gasteiger partial charge on any atom is 0.147 e.